The second-order valence-electron chi connectivity index (χ2n) is 6.68. The maximum absolute atomic E-state index is 10.9. The highest BCUT2D eigenvalue weighted by atomic mass is 16.5. The summed E-state index contributed by atoms with van der Waals surface area (Å²) in [4.78, 5) is 19.9. The Morgan fingerprint density at radius 2 is 2.00 bits per heavy atom. The third-order valence-electron chi connectivity index (χ3n) is 4.64. The number of ether oxygens (including phenoxy) is 1. The molecular weight excluding hydrogens is 358 g/mol. The Balaban J connectivity index is 1.49. The molecular formula is C20H21N5O3. The maximum atomic E-state index is 10.9. The molecule has 8 heteroatoms. The van der Waals surface area contributed by atoms with Crippen LogP contribution >= 0.6 is 0 Å². The van der Waals surface area contributed by atoms with Crippen molar-refractivity contribution in [3.05, 3.63) is 54.0 Å². The molecule has 0 aliphatic heterocycles. The van der Waals surface area contributed by atoms with Crippen LogP contribution in [0.3, 0.4) is 0 Å². The van der Waals surface area contributed by atoms with E-state index < -0.39 is 5.97 Å². The van der Waals surface area contributed by atoms with Crippen molar-refractivity contribution in [2.24, 2.45) is 0 Å². The third kappa shape index (κ3) is 3.80. The van der Waals surface area contributed by atoms with E-state index in [0.717, 1.165) is 12.8 Å². The molecule has 0 spiro atoms. The van der Waals surface area contributed by atoms with Crippen molar-refractivity contribution in [3.8, 4) is 17.1 Å². The first-order valence-electron chi connectivity index (χ1n) is 9.20. The average Bonchev–Trinajstić information content (AvgIpc) is 3.25. The number of nitrogens with zero attached hydrogens (tertiary/aromatic N) is 4. The van der Waals surface area contributed by atoms with E-state index in [1.54, 1.807) is 18.6 Å². The molecule has 0 radical (unpaired) electrons. The molecule has 2 heterocycles. The van der Waals surface area contributed by atoms with Gasteiger partial charge in [-0.15, -0.1) is 5.10 Å². The van der Waals surface area contributed by atoms with Crippen LogP contribution in [0.2, 0.25) is 0 Å². The molecule has 0 atom stereocenters. The molecule has 0 unspecified atom stereocenters. The number of carboxylic acids is 1. The second-order valence-corrected chi connectivity index (χ2v) is 6.68. The average molecular weight is 379 g/mol. The van der Waals surface area contributed by atoms with Gasteiger partial charge in [0, 0.05) is 12.2 Å². The highest BCUT2D eigenvalue weighted by Crippen LogP contribution is 2.28. The van der Waals surface area contributed by atoms with Crippen molar-refractivity contribution in [1.29, 1.82) is 0 Å². The van der Waals surface area contributed by atoms with Gasteiger partial charge in [-0.3, -0.25) is 14.5 Å². The predicted molar refractivity (Wildman–Crippen MR) is 103 cm³/mol. The van der Waals surface area contributed by atoms with Crippen LogP contribution in [0, 0.1) is 0 Å². The third-order valence-corrected chi connectivity index (χ3v) is 4.64. The van der Waals surface area contributed by atoms with E-state index in [1.165, 1.54) is 15.8 Å². The lowest BCUT2D eigenvalue weighted by Crippen LogP contribution is -2.20. The van der Waals surface area contributed by atoms with Gasteiger partial charge >= 0.3 is 5.97 Å². The molecule has 2 aromatic heterocycles. The highest BCUT2D eigenvalue weighted by molar-refractivity contribution is 5.68. The van der Waals surface area contributed by atoms with Crippen LogP contribution in [0.25, 0.3) is 11.3 Å². The summed E-state index contributed by atoms with van der Waals surface area (Å²) in [6.07, 6.45) is 6.88. The summed E-state index contributed by atoms with van der Waals surface area (Å²) < 4.78 is 6.84. The number of carbonyl (C=O) groups is 1. The molecule has 1 aliphatic carbocycles. The summed E-state index contributed by atoms with van der Waals surface area (Å²) in [5.41, 5.74) is 3.95. The van der Waals surface area contributed by atoms with E-state index in [-0.39, 0.29) is 6.54 Å². The summed E-state index contributed by atoms with van der Waals surface area (Å²) in [6, 6.07) is 8.76. The molecule has 8 nitrogen and oxygen atoms in total. The van der Waals surface area contributed by atoms with Gasteiger partial charge in [0.15, 0.2) is 0 Å². The van der Waals surface area contributed by atoms with Crippen molar-refractivity contribution in [2.45, 2.75) is 32.4 Å². The van der Waals surface area contributed by atoms with Crippen LogP contribution < -0.4 is 10.1 Å². The topological polar surface area (TPSA) is 102 Å². The SMILES string of the molecule is CCOc1nn(CC(=O)O)cc1-c1cnc(NC2Cc3ccccc3C2)cn1. The molecule has 0 fully saturated rings. The summed E-state index contributed by atoms with van der Waals surface area (Å²) in [7, 11) is 0. The number of hydrogen-bond acceptors (Lipinski definition) is 6. The molecule has 0 bridgehead atoms. The zero-order chi connectivity index (χ0) is 19.5. The van der Waals surface area contributed by atoms with E-state index in [4.69, 9.17) is 9.84 Å². The molecule has 0 saturated carbocycles. The first-order valence-corrected chi connectivity index (χ1v) is 9.20. The molecule has 0 saturated heterocycles. The van der Waals surface area contributed by atoms with Crippen LogP contribution in [0.4, 0.5) is 5.82 Å². The van der Waals surface area contributed by atoms with E-state index in [0.29, 0.717) is 35.6 Å². The van der Waals surface area contributed by atoms with E-state index in [9.17, 15) is 4.79 Å². The zero-order valence-corrected chi connectivity index (χ0v) is 15.5. The molecule has 28 heavy (non-hydrogen) atoms. The number of carboxylic acid groups (broad SMARTS) is 1. The van der Waals surface area contributed by atoms with Gasteiger partial charge in [-0.05, 0) is 30.9 Å². The minimum Gasteiger partial charge on any atom is -0.480 e. The second kappa shape index (κ2) is 7.67. The van der Waals surface area contributed by atoms with Crippen LogP contribution in [-0.4, -0.2) is 43.5 Å². The quantitative estimate of drug-likeness (QED) is 0.650. The fraction of sp³-hybridized carbons (Fsp3) is 0.300. The van der Waals surface area contributed by atoms with E-state index >= 15 is 0 Å². The van der Waals surface area contributed by atoms with Gasteiger partial charge in [-0.25, -0.2) is 4.98 Å². The fourth-order valence-electron chi connectivity index (χ4n) is 3.45. The molecule has 0 amide bonds. The van der Waals surface area contributed by atoms with Gasteiger partial charge in [0.2, 0.25) is 5.88 Å². The zero-order valence-electron chi connectivity index (χ0n) is 15.5. The number of benzene rings is 1. The number of rotatable bonds is 7. The minimum atomic E-state index is -0.972. The van der Waals surface area contributed by atoms with Gasteiger partial charge in [0.25, 0.3) is 0 Å². The van der Waals surface area contributed by atoms with Crippen molar-refractivity contribution in [3.63, 3.8) is 0 Å². The Kier molecular flexibility index (Phi) is 4.92. The van der Waals surface area contributed by atoms with Crippen molar-refractivity contribution >= 4 is 11.8 Å². The van der Waals surface area contributed by atoms with Gasteiger partial charge in [0.1, 0.15) is 12.4 Å². The molecule has 4 rings (SSSR count). The lowest BCUT2D eigenvalue weighted by molar-refractivity contribution is -0.137. The largest absolute Gasteiger partial charge is 0.480 e. The summed E-state index contributed by atoms with van der Waals surface area (Å²) in [5, 5.41) is 16.6. The Hall–Kier alpha value is -3.42. The Bertz CT molecular complexity index is 959. The van der Waals surface area contributed by atoms with Gasteiger partial charge in [-0.2, -0.15) is 0 Å². The van der Waals surface area contributed by atoms with Crippen LogP contribution in [0.15, 0.2) is 42.9 Å². The summed E-state index contributed by atoms with van der Waals surface area (Å²) in [6.45, 7) is 2.03. The number of nitrogens with one attached hydrogen (secondary N) is 1. The fourth-order valence-corrected chi connectivity index (χ4v) is 3.45. The van der Waals surface area contributed by atoms with Crippen LogP contribution in [0.5, 0.6) is 5.88 Å². The molecule has 3 aromatic rings. The maximum Gasteiger partial charge on any atom is 0.325 e. The van der Waals surface area contributed by atoms with Gasteiger partial charge < -0.3 is 15.2 Å². The van der Waals surface area contributed by atoms with Crippen molar-refractivity contribution < 1.29 is 14.6 Å². The molecule has 2 N–H and O–H groups in total. The first kappa shape index (κ1) is 18.0. The summed E-state index contributed by atoms with van der Waals surface area (Å²) >= 11 is 0. The normalized spacial score (nSPS) is 13.3. The monoisotopic (exact) mass is 379 g/mol. The molecule has 144 valence electrons. The first-order chi connectivity index (χ1) is 13.6. The Labute approximate surface area is 162 Å². The number of fused-ring (bicyclic) bond motifs is 1. The van der Waals surface area contributed by atoms with E-state index in [1.807, 2.05) is 6.92 Å². The number of aromatic nitrogens is 4. The summed E-state index contributed by atoms with van der Waals surface area (Å²) in [5.74, 6) is 0.0859. The minimum absolute atomic E-state index is 0.241. The Morgan fingerprint density at radius 1 is 1.25 bits per heavy atom. The van der Waals surface area contributed by atoms with Gasteiger partial charge in [-0.1, -0.05) is 24.3 Å². The van der Waals surface area contributed by atoms with Crippen molar-refractivity contribution in [2.75, 3.05) is 11.9 Å². The predicted octanol–water partition coefficient (Wildman–Crippen LogP) is 2.40. The molecule has 1 aliphatic rings. The van der Waals surface area contributed by atoms with Crippen molar-refractivity contribution in [1.82, 2.24) is 19.7 Å². The lowest BCUT2D eigenvalue weighted by Gasteiger charge is -2.12. The van der Waals surface area contributed by atoms with E-state index in [2.05, 4.69) is 44.6 Å². The van der Waals surface area contributed by atoms with Gasteiger partial charge in [0.05, 0.1) is 30.3 Å². The Morgan fingerprint density at radius 3 is 2.61 bits per heavy atom. The van der Waals surface area contributed by atoms with Crippen LogP contribution in [-0.2, 0) is 24.2 Å². The standard InChI is InChI=1S/C20H21N5O3/c1-2-28-20-16(11-25(24-20)12-19(26)27)17-9-22-18(10-21-17)23-15-7-13-5-3-4-6-14(13)8-15/h3-6,9-11,15H,2,7-8,12H2,1H3,(H,22,23)(H,26,27). The number of anilines is 1. The highest BCUT2D eigenvalue weighted by Gasteiger charge is 2.21. The lowest BCUT2D eigenvalue weighted by atomic mass is 10.1. The van der Waals surface area contributed by atoms with Crippen LogP contribution in [0.1, 0.15) is 18.1 Å². The number of aliphatic carboxylic acids is 1. The number of hydrogen-bond donors (Lipinski definition) is 2. The smallest absolute Gasteiger partial charge is 0.325 e. The molecule has 1 aromatic carbocycles.